The smallest absolute Gasteiger partial charge is 0.311 e. The van der Waals surface area contributed by atoms with Crippen molar-refractivity contribution in [3.05, 3.63) is 32.0 Å². The van der Waals surface area contributed by atoms with Gasteiger partial charge in [-0.2, -0.15) is 0 Å². The molecule has 0 amide bonds. The molecule has 0 aliphatic rings. The Morgan fingerprint density at radius 3 is 2.72 bits per heavy atom. The van der Waals surface area contributed by atoms with E-state index in [1.54, 1.807) is 0 Å². The summed E-state index contributed by atoms with van der Waals surface area (Å²) in [4.78, 5) is 24.4. The summed E-state index contributed by atoms with van der Waals surface area (Å²) in [5.41, 5.74) is -1.53. The highest BCUT2D eigenvalue weighted by Crippen LogP contribution is 2.30. The number of methoxy groups -OCH3 is 1. The molecule has 1 aromatic heterocycles. The van der Waals surface area contributed by atoms with Crippen LogP contribution in [0.4, 0.5) is 14.5 Å². The molecule has 0 saturated carbocycles. The summed E-state index contributed by atoms with van der Waals surface area (Å²) in [6.07, 6.45) is -3.45. The van der Waals surface area contributed by atoms with Gasteiger partial charge in [0.05, 0.1) is 22.9 Å². The second-order valence-corrected chi connectivity index (χ2v) is 3.99. The zero-order chi connectivity index (χ0) is 13.9. The Balaban J connectivity index is 3.30. The van der Waals surface area contributed by atoms with Crippen molar-refractivity contribution in [1.82, 2.24) is 4.98 Å². The van der Waals surface area contributed by atoms with Crippen LogP contribution in [0, 0.1) is 10.1 Å². The maximum atomic E-state index is 12.6. The zero-order valence-electron chi connectivity index (χ0n) is 9.02. The first-order valence-electron chi connectivity index (χ1n) is 4.55. The van der Waals surface area contributed by atoms with Crippen LogP contribution >= 0.6 is 15.9 Å². The predicted octanol–water partition coefficient (Wildman–Crippen LogP) is 2.41. The Morgan fingerprint density at radius 2 is 2.28 bits per heavy atom. The SMILES string of the molecule is COC(=O)Cc1nc(C(F)F)c(Br)cc1[N+](=O)[O-]. The second kappa shape index (κ2) is 5.80. The van der Waals surface area contributed by atoms with Crippen molar-refractivity contribution in [2.75, 3.05) is 7.11 Å². The van der Waals surface area contributed by atoms with E-state index in [2.05, 4.69) is 25.7 Å². The summed E-state index contributed by atoms with van der Waals surface area (Å²) in [5, 5.41) is 10.7. The van der Waals surface area contributed by atoms with Crippen molar-refractivity contribution in [1.29, 1.82) is 0 Å². The number of halogens is 3. The van der Waals surface area contributed by atoms with Gasteiger partial charge in [-0.3, -0.25) is 14.9 Å². The van der Waals surface area contributed by atoms with Crippen molar-refractivity contribution in [3.8, 4) is 0 Å². The molecule has 0 aromatic carbocycles. The molecular formula is C9H7BrF2N2O4. The van der Waals surface area contributed by atoms with Crippen LogP contribution < -0.4 is 0 Å². The molecular weight excluding hydrogens is 318 g/mol. The fraction of sp³-hybridized carbons (Fsp3) is 0.333. The molecule has 0 radical (unpaired) electrons. The zero-order valence-corrected chi connectivity index (χ0v) is 10.6. The van der Waals surface area contributed by atoms with E-state index >= 15 is 0 Å². The topological polar surface area (TPSA) is 82.3 Å². The van der Waals surface area contributed by atoms with Gasteiger partial charge in [0.2, 0.25) is 0 Å². The van der Waals surface area contributed by atoms with Crippen molar-refractivity contribution < 1.29 is 23.2 Å². The van der Waals surface area contributed by atoms with Gasteiger partial charge in [0.15, 0.2) is 0 Å². The number of rotatable bonds is 4. The van der Waals surface area contributed by atoms with Crippen LogP contribution in [0.25, 0.3) is 0 Å². The molecule has 0 spiro atoms. The molecule has 1 rings (SSSR count). The number of alkyl halides is 2. The molecule has 0 aliphatic heterocycles. The lowest BCUT2D eigenvalue weighted by atomic mass is 10.2. The third kappa shape index (κ3) is 3.19. The molecule has 18 heavy (non-hydrogen) atoms. The van der Waals surface area contributed by atoms with Crippen LogP contribution in [0.5, 0.6) is 0 Å². The number of nitro groups is 1. The van der Waals surface area contributed by atoms with Crippen molar-refractivity contribution in [2.45, 2.75) is 12.8 Å². The molecule has 98 valence electrons. The quantitative estimate of drug-likeness (QED) is 0.482. The Morgan fingerprint density at radius 1 is 1.67 bits per heavy atom. The molecule has 9 heteroatoms. The summed E-state index contributed by atoms with van der Waals surface area (Å²) < 4.78 is 29.3. The number of aromatic nitrogens is 1. The number of carbonyl (C=O) groups excluding carboxylic acids is 1. The molecule has 0 fully saturated rings. The molecule has 0 aliphatic carbocycles. The van der Waals surface area contributed by atoms with Gasteiger partial charge >= 0.3 is 5.97 Å². The van der Waals surface area contributed by atoms with Crippen LogP contribution in [0.1, 0.15) is 17.8 Å². The van der Waals surface area contributed by atoms with Crippen LogP contribution in [0.15, 0.2) is 10.5 Å². The van der Waals surface area contributed by atoms with Crippen LogP contribution in [-0.2, 0) is 16.0 Å². The van der Waals surface area contributed by atoms with Crippen LogP contribution in [-0.4, -0.2) is 23.0 Å². The number of ether oxygens (including phenoxy) is 1. The van der Waals surface area contributed by atoms with E-state index in [0.29, 0.717) is 0 Å². The maximum Gasteiger partial charge on any atom is 0.311 e. The van der Waals surface area contributed by atoms with E-state index in [1.165, 1.54) is 0 Å². The molecule has 0 atom stereocenters. The maximum absolute atomic E-state index is 12.6. The average Bonchev–Trinajstić information content (AvgIpc) is 2.29. The summed E-state index contributed by atoms with van der Waals surface area (Å²) in [6, 6.07) is 0.896. The third-order valence-electron chi connectivity index (χ3n) is 2.00. The van der Waals surface area contributed by atoms with Crippen molar-refractivity contribution >= 4 is 27.6 Å². The highest BCUT2D eigenvalue weighted by Gasteiger charge is 2.24. The van der Waals surface area contributed by atoms with Gasteiger partial charge in [0.1, 0.15) is 11.4 Å². The Labute approximate surface area is 108 Å². The normalized spacial score (nSPS) is 10.5. The van der Waals surface area contributed by atoms with Gasteiger partial charge in [-0.1, -0.05) is 0 Å². The minimum absolute atomic E-state index is 0.183. The van der Waals surface area contributed by atoms with Gasteiger partial charge in [0.25, 0.3) is 12.1 Å². The second-order valence-electron chi connectivity index (χ2n) is 3.13. The first kappa shape index (κ1) is 14.4. The van der Waals surface area contributed by atoms with Crippen LogP contribution in [0.3, 0.4) is 0 Å². The first-order valence-corrected chi connectivity index (χ1v) is 5.34. The van der Waals surface area contributed by atoms with E-state index in [0.717, 1.165) is 13.2 Å². The minimum Gasteiger partial charge on any atom is -0.469 e. The van der Waals surface area contributed by atoms with Gasteiger partial charge in [-0.25, -0.2) is 13.8 Å². The van der Waals surface area contributed by atoms with E-state index in [1.807, 2.05) is 0 Å². The van der Waals surface area contributed by atoms with E-state index < -0.39 is 35.1 Å². The third-order valence-corrected chi connectivity index (χ3v) is 2.64. The lowest BCUT2D eigenvalue weighted by molar-refractivity contribution is -0.386. The highest BCUT2D eigenvalue weighted by atomic mass is 79.9. The fourth-order valence-electron chi connectivity index (χ4n) is 1.18. The Kier molecular flexibility index (Phi) is 4.65. The summed E-state index contributed by atoms with van der Waals surface area (Å²) in [7, 11) is 1.08. The van der Waals surface area contributed by atoms with Gasteiger partial charge < -0.3 is 4.74 Å². The predicted molar refractivity (Wildman–Crippen MR) is 59.3 cm³/mol. The Bertz CT molecular complexity index is 496. The van der Waals surface area contributed by atoms with Gasteiger partial charge in [0, 0.05) is 6.07 Å². The largest absolute Gasteiger partial charge is 0.469 e. The van der Waals surface area contributed by atoms with Gasteiger partial charge in [-0.15, -0.1) is 0 Å². The van der Waals surface area contributed by atoms with Crippen LogP contribution in [0.2, 0.25) is 0 Å². The lowest BCUT2D eigenvalue weighted by Crippen LogP contribution is -2.10. The molecule has 0 saturated heterocycles. The molecule has 0 unspecified atom stereocenters. The monoisotopic (exact) mass is 324 g/mol. The number of esters is 1. The molecule has 1 heterocycles. The average molecular weight is 325 g/mol. The summed E-state index contributed by atoms with van der Waals surface area (Å²) in [6.45, 7) is 0. The van der Waals surface area contributed by atoms with Crippen molar-refractivity contribution in [3.63, 3.8) is 0 Å². The summed E-state index contributed by atoms with van der Waals surface area (Å²) >= 11 is 2.77. The number of hydrogen-bond donors (Lipinski definition) is 0. The van der Waals surface area contributed by atoms with Crippen molar-refractivity contribution in [2.24, 2.45) is 0 Å². The number of carbonyl (C=O) groups is 1. The number of nitrogens with zero attached hydrogens (tertiary/aromatic N) is 2. The fourth-order valence-corrected chi connectivity index (χ4v) is 1.66. The van der Waals surface area contributed by atoms with E-state index in [9.17, 15) is 23.7 Å². The summed E-state index contributed by atoms with van der Waals surface area (Å²) in [5.74, 6) is -0.798. The highest BCUT2D eigenvalue weighted by molar-refractivity contribution is 9.10. The van der Waals surface area contributed by atoms with Gasteiger partial charge in [-0.05, 0) is 15.9 Å². The molecule has 0 N–H and O–H groups in total. The standard InChI is InChI=1S/C9H7BrF2N2O4/c1-18-7(15)3-5-6(14(16)17)2-4(10)8(13-5)9(11)12/h2,9H,3H2,1H3. The molecule has 6 nitrogen and oxygen atoms in total. The van der Waals surface area contributed by atoms with E-state index in [-0.39, 0.29) is 10.2 Å². The molecule has 0 bridgehead atoms. The minimum atomic E-state index is -2.91. The lowest BCUT2D eigenvalue weighted by Gasteiger charge is -2.06. The first-order chi connectivity index (χ1) is 8.36. The number of pyridine rings is 1. The van der Waals surface area contributed by atoms with E-state index in [4.69, 9.17) is 0 Å². The molecule has 1 aromatic rings. The number of hydrogen-bond acceptors (Lipinski definition) is 5. The Hall–Kier alpha value is -1.64.